The monoisotopic (exact) mass is 578 g/mol. The molecule has 0 radical (unpaired) electrons. The van der Waals surface area contributed by atoms with E-state index in [9.17, 15) is 19.5 Å². The Morgan fingerprint density at radius 2 is 1.58 bits per heavy atom. The third-order valence-corrected chi connectivity index (χ3v) is 8.23. The van der Waals surface area contributed by atoms with Crippen LogP contribution in [0.25, 0.3) is 22.3 Å². The van der Waals surface area contributed by atoms with Crippen molar-refractivity contribution in [2.24, 2.45) is 5.92 Å². The lowest BCUT2D eigenvalue weighted by atomic mass is 9.70. The first-order valence-corrected chi connectivity index (χ1v) is 14.0. The van der Waals surface area contributed by atoms with Crippen molar-refractivity contribution in [2.75, 3.05) is 27.3 Å². The summed E-state index contributed by atoms with van der Waals surface area (Å²) in [7, 11) is 3.06. The van der Waals surface area contributed by atoms with Gasteiger partial charge in [0, 0.05) is 36.4 Å². The lowest BCUT2D eigenvalue weighted by Crippen LogP contribution is -2.58. The number of pyridine rings is 1. The second-order valence-electron chi connectivity index (χ2n) is 10.7. The van der Waals surface area contributed by atoms with Crippen LogP contribution in [0.2, 0.25) is 0 Å². The number of hydrogen-bond acceptors (Lipinski definition) is 8. The average molecular weight is 579 g/mol. The number of ketones is 2. The van der Waals surface area contributed by atoms with Crippen molar-refractivity contribution in [1.82, 2.24) is 10.3 Å². The average Bonchev–Trinajstić information content (AvgIpc) is 3.04. The highest BCUT2D eigenvalue weighted by molar-refractivity contribution is 6.19. The molecule has 43 heavy (non-hydrogen) atoms. The van der Waals surface area contributed by atoms with E-state index >= 15 is 0 Å². The predicted octanol–water partition coefficient (Wildman–Crippen LogP) is 5.33. The lowest BCUT2D eigenvalue weighted by Gasteiger charge is -2.45. The predicted molar refractivity (Wildman–Crippen MR) is 159 cm³/mol. The number of nitrogens with one attached hydrogen (secondary N) is 1. The number of fused-ring (bicyclic) bond motifs is 1. The van der Waals surface area contributed by atoms with Crippen molar-refractivity contribution in [3.63, 3.8) is 0 Å². The Bertz CT molecular complexity index is 1700. The maximum atomic E-state index is 14.4. The normalized spacial score (nSPS) is 17.1. The Labute approximate surface area is 248 Å². The van der Waals surface area contributed by atoms with Gasteiger partial charge in [0.2, 0.25) is 0 Å². The zero-order valence-corrected chi connectivity index (χ0v) is 23.8. The van der Waals surface area contributed by atoms with Crippen LogP contribution < -0.4 is 19.5 Å². The van der Waals surface area contributed by atoms with Crippen LogP contribution in [-0.4, -0.2) is 60.5 Å². The summed E-state index contributed by atoms with van der Waals surface area (Å²) in [6, 6.07) is 19.5. The zero-order valence-electron chi connectivity index (χ0n) is 23.8. The van der Waals surface area contributed by atoms with E-state index in [0.29, 0.717) is 59.9 Å². The number of carboxylic acid groups (broad SMARTS) is 1. The summed E-state index contributed by atoms with van der Waals surface area (Å²) in [6.07, 6.45) is 3.74. The van der Waals surface area contributed by atoms with Gasteiger partial charge in [0.25, 0.3) is 0 Å². The highest BCUT2D eigenvalue weighted by atomic mass is 16.5. The summed E-state index contributed by atoms with van der Waals surface area (Å²) < 4.78 is 18.0. The summed E-state index contributed by atoms with van der Waals surface area (Å²) in [5.74, 6) is -1.64. The minimum absolute atomic E-state index is 0.0290. The van der Waals surface area contributed by atoms with Crippen LogP contribution in [0.4, 0.5) is 0 Å². The van der Waals surface area contributed by atoms with Crippen molar-refractivity contribution in [1.29, 1.82) is 0 Å². The Morgan fingerprint density at radius 3 is 2.23 bits per heavy atom. The second-order valence-corrected chi connectivity index (χ2v) is 10.7. The van der Waals surface area contributed by atoms with Crippen molar-refractivity contribution in [2.45, 2.75) is 18.4 Å². The molecule has 3 aromatic carbocycles. The summed E-state index contributed by atoms with van der Waals surface area (Å²) in [5.41, 5.74) is 2.24. The number of hydrogen-bond donors (Lipinski definition) is 2. The third-order valence-electron chi connectivity index (χ3n) is 8.23. The molecule has 9 nitrogen and oxygen atoms in total. The molecule has 218 valence electrons. The van der Waals surface area contributed by atoms with Crippen molar-refractivity contribution >= 4 is 17.5 Å². The Morgan fingerprint density at radius 1 is 0.884 bits per heavy atom. The molecule has 0 bridgehead atoms. The maximum absolute atomic E-state index is 14.4. The number of rotatable bonds is 7. The highest BCUT2D eigenvalue weighted by Crippen LogP contribution is 2.46. The second kappa shape index (κ2) is 11.3. The van der Waals surface area contributed by atoms with E-state index in [1.165, 1.54) is 32.7 Å². The van der Waals surface area contributed by atoms with Gasteiger partial charge < -0.3 is 24.6 Å². The lowest BCUT2D eigenvalue weighted by molar-refractivity contribution is -0.0138. The highest BCUT2D eigenvalue weighted by Gasteiger charge is 2.54. The van der Waals surface area contributed by atoms with Crippen LogP contribution in [0.3, 0.4) is 0 Å². The summed E-state index contributed by atoms with van der Waals surface area (Å²) in [4.78, 5) is 44.4. The van der Waals surface area contributed by atoms with Gasteiger partial charge in [0.1, 0.15) is 28.8 Å². The van der Waals surface area contributed by atoms with Gasteiger partial charge in [-0.25, -0.2) is 4.79 Å². The van der Waals surface area contributed by atoms with E-state index in [0.717, 1.165) is 5.56 Å². The quantitative estimate of drug-likeness (QED) is 0.221. The molecule has 1 saturated heterocycles. The molecular weight excluding hydrogens is 548 g/mol. The molecule has 1 spiro atoms. The number of piperidine rings is 1. The minimum Gasteiger partial charge on any atom is -0.496 e. The molecule has 0 aliphatic carbocycles. The maximum Gasteiger partial charge on any atom is 0.337 e. The van der Waals surface area contributed by atoms with Gasteiger partial charge in [-0.1, -0.05) is 36.4 Å². The third kappa shape index (κ3) is 5.02. The SMILES string of the molecule is COc1cc(C(=O)[C@@H]2C(=O)c3cc(-c4cncc(C(=O)O)c4)ccc3OC23CCNCC3)cc(OC)c1-c1ccccc1. The molecule has 2 N–H and O–H groups in total. The van der Waals surface area contributed by atoms with Crippen LogP contribution in [-0.2, 0) is 0 Å². The number of aromatic carboxylic acids is 1. The molecule has 1 aromatic heterocycles. The van der Waals surface area contributed by atoms with Gasteiger partial charge in [-0.05, 0) is 54.5 Å². The number of Topliss-reactive ketones (excluding diaryl/α,β-unsaturated/α-hetero) is 2. The molecule has 2 aliphatic heterocycles. The van der Waals surface area contributed by atoms with Crippen molar-refractivity contribution in [3.05, 3.63) is 95.8 Å². The molecule has 0 unspecified atom stereocenters. The van der Waals surface area contributed by atoms with Crippen molar-refractivity contribution in [3.8, 4) is 39.5 Å². The van der Waals surface area contributed by atoms with E-state index < -0.39 is 17.5 Å². The van der Waals surface area contributed by atoms with Gasteiger partial charge in [-0.2, -0.15) is 0 Å². The zero-order chi connectivity index (χ0) is 30.1. The molecule has 6 rings (SSSR count). The van der Waals surface area contributed by atoms with E-state index in [1.807, 2.05) is 30.3 Å². The fourth-order valence-corrected chi connectivity index (χ4v) is 6.09. The number of carbonyl (C=O) groups is 3. The first-order chi connectivity index (χ1) is 20.8. The minimum atomic E-state index is -1.11. The molecule has 3 heterocycles. The van der Waals surface area contributed by atoms with Gasteiger partial charge in [-0.15, -0.1) is 0 Å². The number of benzene rings is 3. The number of carboxylic acids is 1. The van der Waals surface area contributed by atoms with Crippen LogP contribution in [0.15, 0.2) is 79.1 Å². The van der Waals surface area contributed by atoms with Crippen LogP contribution in [0, 0.1) is 5.92 Å². The fourth-order valence-electron chi connectivity index (χ4n) is 6.09. The first-order valence-electron chi connectivity index (χ1n) is 14.0. The van der Waals surface area contributed by atoms with Gasteiger partial charge in [0.05, 0.1) is 30.9 Å². The Balaban J connectivity index is 1.45. The van der Waals surface area contributed by atoms with Crippen LogP contribution in [0.1, 0.15) is 43.9 Å². The smallest absolute Gasteiger partial charge is 0.337 e. The molecule has 9 heteroatoms. The summed E-state index contributed by atoms with van der Waals surface area (Å²) >= 11 is 0. The molecule has 4 aromatic rings. The van der Waals surface area contributed by atoms with E-state index in [4.69, 9.17) is 14.2 Å². The van der Waals surface area contributed by atoms with Crippen LogP contribution >= 0.6 is 0 Å². The number of carbonyl (C=O) groups excluding carboxylic acids is 2. The Hall–Kier alpha value is -5.02. The molecule has 0 saturated carbocycles. The fraction of sp³-hybridized carbons (Fsp3) is 0.235. The first kappa shape index (κ1) is 28.1. The molecular formula is C34H30N2O7. The summed E-state index contributed by atoms with van der Waals surface area (Å²) in [5, 5.41) is 12.7. The number of nitrogens with zero attached hydrogens (tertiary/aromatic N) is 1. The van der Waals surface area contributed by atoms with Crippen LogP contribution in [0.5, 0.6) is 17.2 Å². The van der Waals surface area contributed by atoms with Gasteiger partial charge in [0.15, 0.2) is 11.6 Å². The Kier molecular flexibility index (Phi) is 7.41. The molecule has 0 amide bonds. The van der Waals surface area contributed by atoms with Gasteiger partial charge >= 0.3 is 5.97 Å². The van der Waals surface area contributed by atoms with Gasteiger partial charge in [-0.3, -0.25) is 14.6 Å². The van der Waals surface area contributed by atoms with E-state index in [-0.39, 0.29) is 28.3 Å². The van der Waals surface area contributed by atoms with E-state index in [2.05, 4.69) is 10.3 Å². The topological polar surface area (TPSA) is 124 Å². The number of methoxy groups -OCH3 is 2. The number of aromatic nitrogens is 1. The van der Waals surface area contributed by atoms with E-state index in [1.54, 1.807) is 30.3 Å². The molecule has 2 aliphatic rings. The van der Waals surface area contributed by atoms with Crippen molar-refractivity contribution < 1.29 is 33.7 Å². The largest absolute Gasteiger partial charge is 0.496 e. The summed E-state index contributed by atoms with van der Waals surface area (Å²) in [6.45, 7) is 1.19. The molecule has 1 fully saturated rings. The standard InChI is InChI=1S/C34H30N2O7/c1-41-27-16-22(17-28(42-2)29(27)20-6-4-3-5-7-20)31(37)30-32(38)25-15-21(23-14-24(33(39)40)19-36-18-23)8-9-26(25)43-34(30)10-12-35-13-11-34/h3-9,14-19,30,35H,10-13H2,1-2H3,(H,39,40)/t30-/m1/s1. The number of ether oxygens (including phenoxy) is 3. The molecule has 1 atom stereocenters.